The van der Waals surface area contributed by atoms with Crippen LogP contribution in [0.5, 0.6) is 0 Å². The summed E-state index contributed by atoms with van der Waals surface area (Å²) in [6.07, 6.45) is 6.63. The van der Waals surface area contributed by atoms with Crippen LogP contribution in [0.15, 0.2) is 11.6 Å². The Bertz CT molecular complexity index is 259. The lowest BCUT2D eigenvalue weighted by Crippen LogP contribution is -2.63. The summed E-state index contributed by atoms with van der Waals surface area (Å²) >= 11 is 0. The Labute approximate surface area is 79.4 Å². The van der Waals surface area contributed by atoms with Crippen LogP contribution in [0.2, 0.25) is 0 Å². The maximum atomic E-state index is 10.9. The number of allylic oxidation sites excluding steroid dienone is 2. The SMILES string of the molecule is CC1=CCC(C2(C)CC(=O)N2)CC1. The van der Waals surface area contributed by atoms with E-state index in [0.29, 0.717) is 5.92 Å². The average Bonchev–Trinajstić information content (AvgIpc) is 2.03. The van der Waals surface area contributed by atoms with Crippen LogP contribution in [-0.4, -0.2) is 11.4 Å². The van der Waals surface area contributed by atoms with Crippen molar-refractivity contribution in [3.05, 3.63) is 11.6 Å². The molecule has 1 aliphatic heterocycles. The third kappa shape index (κ3) is 1.50. The summed E-state index contributed by atoms with van der Waals surface area (Å²) < 4.78 is 0. The largest absolute Gasteiger partial charge is 0.350 e. The van der Waals surface area contributed by atoms with Crippen LogP contribution in [-0.2, 0) is 4.79 Å². The van der Waals surface area contributed by atoms with Crippen LogP contribution in [0.3, 0.4) is 0 Å². The molecule has 1 N–H and O–H groups in total. The van der Waals surface area contributed by atoms with Crippen molar-refractivity contribution in [3.8, 4) is 0 Å². The molecule has 0 aromatic rings. The maximum absolute atomic E-state index is 10.9. The number of β-lactam (4-membered cyclic amide) rings is 1. The number of hydrogen-bond acceptors (Lipinski definition) is 1. The first-order chi connectivity index (χ1) is 6.10. The minimum absolute atomic E-state index is 0.105. The first kappa shape index (κ1) is 8.79. The molecule has 0 saturated carbocycles. The highest BCUT2D eigenvalue weighted by molar-refractivity contribution is 5.84. The van der Waals surface area contributed by atoms with E-state index in [4.69, 9.17) is 0 Å². The monoisotopic (exact) mass is 179 g/mol. The Balaban J connectivity index is 1.99. The first-order valence-corrected chi connectivity index (χ1v) is 5.07. The second-order valence-electron chi connectivity index (χ2n) is 4.66. The first-order valence-electron chi connectivity index (χ1n) is 5.07. The van der Waals surface area contributed by atoms with Gasteiger partial charge in [-0.05, 0) is 39.0 Å². The van der Waals surface area contributed by atoms with Crippen molar-refractivity contribution in [2.45, 2.75) is 45.1 Å². The maximum Gasteiger partial charge on any atom is 0.222 e. The van der Waals surface area contributed by atoms with Crippen LogP contribution in [0, 0.1) is 5.92 Å². The number of amides is 1. The van der Waals surface area contributed by atoms with E-state index in [0.717, 1.165) is 12.8 Å². The highest BCUT2D eigenvalue weighted by Gasteiger charge is 2.44. The van der Waals surface area contributed by atoms with Gasteiger partial charge in [0.25, 0.3) is 0 Å². The Morgan fingerprint density at radius 3 is 2.77 bits per heavy atom. The molecule has 1 fully saturated rings. The highest BCUT2D eigenvalue weighted by Crippen LogP contribution is 2.37. The fourth-order valence-corrected chi connectivity index (χ4v) is 2.42. The Morgan fingerprint density at radius 2 is 2.31 bits per heavy atom. The molecule has 0 aromatic heterocycles. The second-order valence-corrected chi connectivity index (χ2v) is 4.66. The molecule has 1 aliphatic carbocycles. The van der Waals surface area contributed by atoms with E-state index in [-0.39, 0.29) is 11.4 Å². The molecule has 2 heteroatoms. The third-order valence-corrected chi connectivity index (χ3v) is 3.49. The minimum atomic E-state index is 0.105. The minimum Gasteiger partial charge on any atom is -0.350 e. The molecule has 1 heterocycles. The van der Waals surface area contributed by atoms with Gasteiger partial charge >= 0.3 is 0 Å². The average molecular weight is 179 g/mol. The van der Waals surface area contributed by atoms with Crippen molar-refractivity contribution >= 4 is 5.91 Å². The number of carbonyl (C=O) groups excluding carboxylic acids is 1. The molecule has 0 bridgehead atoms. The molecule has 0 spiro atoms. The van der Waals surface area contributed by atoms with Gasteiger partial charge in [-0.3, -0.25) is 4.79 Å². The van der Waals surface area contributed by atoms with E-state index in [9.17, 15) is 4.79 Å². The Morgan fingerprint density at radius 1 is 1.62 bits per heavy atom. The van der Waals surface area contributed by atoms with Gasteiger partial charge < -0.3 is 5.32 Å². The van der Waals surface area contributed by atoms with Crippen LogP contribution in [0.4, 0.5) is 0 Å². The van der Waals surface area contributed by atoms with Gasteiger partial charge in [0, 0.05) is 12.0 Å². The lowest BCUT2D eigenvalue weighted by molar-refractivity contribution is -0.134. The fourth-order valence-electron chi connectivity index (χ4n) is 2.42. The molecule has 0 aromatic carbocycles. The van der Waals surface area contributed by atoms with Gasteiger partial charge in [-0.2, -0.15) is 0 Å². The highest BCUT2D eigenvalue weighted by atomic mass is 16.2. The van der Waals surface area contributed by atoms with E-state index in [1.807, 2.05) is 0 Å². The summed E-state index contributed by atoms with van der Waals surface area (Å²) in [5.74, 6) is 0.877. The van der Waals surface area contributed by atoms with Gasteiger partial charge in [-0.25, -0.2) is 0 Å². The summed E-state index contributed by atoms with van der Waals surface area (Å²) in [5, 5.41) is 3.04. The number of hydrogen-bond donors (Lipinski definition) is 1. The summed E-state index contributed by atoms with van der Waals surface area (Å²) in [6.45, 7) is 4.37. The topological polar surface area (TPSA) is 29.1 Å². The van der Waals surface area contributed by atoms with E-state index < -0.39 is 0 Å². The quantitative estimate of drug-likeness (QED) is 0.484. The molecule has 1 saturated heterocycles. The number of rotatable bonds is 1. The van der Waals surface area contributed by atoms with Gasteiger partial charge in [0.2, 0.25) is 5.91 Å². The zero-order chi connectivity index (χ0) is 9.47. The summed E-state index contributed by atoms with van der Waals surface area (Å²) in [5.41, 5.74) is 1.61. The molecule has 2 rings (SSSR count). The molecule has 13 heavy (non-hydrogen) atoms. The Kier molecular flexibility index (Phi) is 1.94. The van der Waals surface area contributed by atoms with Crippen molar-refractivity contribution in [2.75, 3.05) is 0 Å². The normalized spacial score (nSPS) is 39.1. The van der Waals surface area contributed by atoms with Gasteiger partial charge in [0.1, 0.15) is 0 Å². The lowest BCUT2D eigenvalue weighted by Gasteiger charge is -2.46. The molecule has 2 unspecified atom stereocenters. The molecular formula is C11H17NO. The number of carbonyl (C=O) groups is 1. The summed E-state index contributed by atoms with van der Waals surface area (Å²) in [7, 11) is 0. The molecule has 1 amide bonds. The number of nitrogens with one attached hydrogen (secondary N) is 1. The Hall–Kier alpha value is -0.790. The van der Waals surface area contributed by atoms with E-state index in [2.05, 4.69) is 25.2 Å². The van der Waals surface area contributed by atoms with Gasteiger partial charge in [-0.1, -0.05) is 11.6 Å². The van der Waals surface area contributed by atoms with Crippen molar-refractivity contribution in [1.82, 2.24) is 5.32 Å². The van der Waals surface area contributed by atoms with Crippen LogP contribution in [0.1, 0.15) is 39.5 Å². The fraction of sp³-hybridized carbons (Fsp3) is 0.727. The van der Waals surface area contributed by atoms with Crippen LogP contribution >= 0.6 is 0 Å². The molecule has 2 aliphatic rings. The predicted octanol–water partition coefficient (Wildman–Crippen LogP) is 2.01. The lowest BCUT2D eigenvalue weighted by atomic mass is 9.71. The third-order valence-electron chi connectivity index (χ3n) is 3.49. The van der Waals surface area contributed by atoms with E-state index >= 15 is 0 Å². The van der Waals surface area contributed by atoms with Gasteiger partial charge in [0.15, 0.2) is 0 Å². The smallest absolute Gasteiger partial charge is 0.222 e. The molecule has 72 valence electrons. The van der Waals surface area contributed by atoms with Crippen molar-refractivity contribution < 1.29 is 4.79 Å². The molecule has 0 radical (unpaired) electrons. The predicted molar refractivity (Wildman–Crippen MR) is 52.3 cm³/mol. The second kappa shape index (κ2) is 2.86. The van der Waals surface area contributed by atoms with Gasteiger partial charge in [-0.15, -0.1) is 0 Å². The summed E-state index contributed by atoms with van der Waals surface area (Å²) in [6, 6.07) is 0. The van der Waals surface area contributed by atoms with E-state index in [1.165, 1.54) is 18.4 Å². The van der Waals surface area contributed by atoms with Crippen molar-refractivity contribution in [1.29, 1.82) is 0 Å². The summed E-state index contributed by atoms with van der Waals surface area (Å²) in [4.78, 5) is 10.9. The van der Waals surface area contributed by atoms with Crippen molar-refractivity contribution in [2.24, 2.45) is 5.92 Å². The van der Waals surface area contributed by atoms with Crippen molar-refractivity contribution in [3.63, 3.8) is 0 Å². The van der Waals surface area contributed by atoms with Crippen LogP contribution < -0.4 is 5.32 Å². The van der Waals surface area contributed by atoms with Crippen LogP contribution in [0.25, 0.3) is 0 Å². The van der Waals surface area contributed by atoms with Gasteiger partial charge in [0.05, 0.1) is 0 Å². The zero-order valence-corrected chi connectivity index (χ0v) is 8.39. The molecule has 2 atom stereocenters. The zero-order valence-electron chi connectivity index (χ0n) is 8.39. The standard InChI is InChI=1S/C11H17NO/c1-8-3-5-9(6-4-8)11(2)7-10(13)12-11/h3,9H,4-7H2,1-2H3,(H,12,13). The van der Waals surface area contributed by atoms with E-state index in [1.54, 1.807) is 0 Å². The molecular weight excluding hydrogens is 162 g/mol. The molecule has 2 nitrogen and oxygen atoms in total.